The molecule has 0 aliphatic heterocycles. The molecule has 0 fully saturated rings. The van der Waals surface area contributed by atoms with Crippen molar-refractivity contribution < 1.29 is 27.6 Å². The maximum atomic E-state index is 12.1. The van der Waals surface area contributed by atoms with Crippen LogP contribution in [0.1, 0.15) is 5.56 Å². The zero-order valence-corrected chi connectivity index (χ0v) is 8.74. The monoisotopic (exact) mass is 252 g/mol. The summed E-state index contributed by atoms with van der Waals surface area (Å²) in [6.45, 7) is 1.24. The van der Waals surface area contributed by atoms with Gasteiger partial charge in [-0.2, -0.15) is 0 Å². The molecule has 6 nitrogen and oxygen atoms in total. The van der Waals surface area contributed by atoms with Gasteiger partial charge in [-0.3, -0.25) is 10.1 Å². The number of nitro groups is 1. The van der Waals surface area contributed by atoms with Gasteiger partial charge in [-0.1, -0.05) is 0 Å². The summed E-state index contributed by atoms with van der Waals surface area (Å²) >= 11 is 0. The summed E-state index contributed by atoms with van der Waals surface area (Å²) in [7, 11) is 1.03. The third-order valence-corrected chi connectivity index (χ3v) is 1.75. The van der Waals surface area contributed by atoms with Crippen molar-refractivity contribution in [3.8, 4) is 11.6 Å². The van der Waals surface area contributed by atoms with Gasteiger partial charge in [0.05, 0.1) is 12.0 Å². The van der Waals surface area contributed by atoms with Crippen LogP contribution in [0.15, 0.2) is 6.20 Å². The predicted octanol–water partition coefficient (Wildman–Crippen LogP) is 2.21. The molecule has 0 aliphatic carbocycles. The molecule has 0 spiro atoms. The number of nitrogens with zero attached hydrogens (tertiary/aromatic N) is 2. The van der Waals surface area contributed by atoms with Gasteiger partial charge in [-0.05, 0) is 6.92 Å². The van der Waals surface area contributed by atoms with Gasteiger partial charge in [0, 0.05) is 11.8 Å². The summed E-state index contributed by atoms with van der Waals surface area (Å²) in [5.41, 5.74) is -0.885. The molecule has 0 saturated heterocycles. The van der Waals surface area contributed by atoms with Gasteiger partial charge in [0.1, 0.15) is 0 Å². The van der Waals surface area contributed by atoms with Gasteiger partial charge in [0.2, 0.25) is 0 Å². The van der Waals surface area contributed by atoms with E-state index < -0.39 is 28.6 Å². The molecule has 0 bridgehead atoms. The van der Waals surface area contributed by atoms with Crippen molar-refractivity contribution >= 4 is 5.69 Å². The van der Waals surface area contributed by atoms with Gasteiger partial charge < -0.3 is 9.47 Å². The molecule has 0 saturated carbocycles. The largest absolute Gasteiger partial charge is 0.573 e. The minimum Gasteiger partial charge on any atom is -0.478 e. The Balaban J connectivity index is 3.40. The second-order valence-electron chi connectivity index (χ2n) is 2.93. The number of hydrogen-bond acceptors (Lipinski definition) is 5. The summed E-state index contributed by atoms with van der Waals surface area (Å²) in [4.78, 5) is 13.2. The Morgan fingerprint density at radius 2 is 2.06 bits per heavy atom. The molecule has 0 radical (unpaired) electrons. The molecular weight excluding hydrogens is 245 g/mol. The number of aromatic nitrogens is 1. The molecule has 1 heterocycles. The fraction of sp³-hybridized carbons (Fsp3) is 0.375. The van der Waals surface area contributed by atoms with Gasteiger partial charge in [0.25, 0.3) is 11.6 Å². The van der Waals surface area contributed by atoms with Crippen molar-refractivity contribution in [2.45, 2.75) is 13.3 Å². The van der Waals surface area contributed by atoms with Crippen LogP contribution in [0.5, 0.6) is 11.6 Å². The molecule has 1 aromatic heterocycles. The van der Waals surface area contributed by atoms with Gasteiger partial charge in [-0.15, -0.1) is 13.2 Å². The number of alkyl halides is 3. The molecule has 0 atom stereocenters. The smallest absolute Gasteiger partial charge is 0.478 e. The Morgan fingerprint density at radius 1 is 1.47 bits per heavy atom. The lowest BCUT2D eigenvalue weighted by molar-refractivity contribution is -0.389. The first-order chi connectivity index (χ1) is 7.76. The molecule has 1 rings (SSSR count). The maximum Gasteiger partial charge on any atom is 0.573 e. The van der Waals surface area contributed by atoms with Crippen LogP contribution in [0.4, 0.5) is 18.9 Å². The van der Waals surface area contributed by atoms with Crippen LogP contribution < -0.4 is 9.47 Å². The van der Waals surface area contributed by atoms with E-state index in [-0.39, 0.29) is 5.56 Å². The molecule has 0 amide bonds. The van der Waals surface area contributed by atoms with Crippen molar-refractivity contribution in [1.82, 2.24) is 4.98 Å². The lowest BCUT2D eigenvalue weighted by Gasteiger charge is -2.12. The van der Waals surface area contributed by atoms with Crippen molar-refractivity contribution in [2.24, 2.45) is 0 Å². The van der Waals surface area contributed by atoms with E-state index in [0.29, 0.717) is 0 Å². The third-order valence-electron chi connectivity index (χ3n) is 1.75. The number of aryl methyl sites for hydroxylation is 1. The molecule has 0 unspecified atom stereocenters. The lowest BCUT2D eigenvalue weighted by Crippen LogP contribution is -2.19. The van der Waals surface area contributed by atoms with E-state index in [4.69, 9.17) is 0 Å². The Labute approximate surface area is 93.1 Å². The molecule has 9 heteroatoms. The van der Waals surface area contributed by atoms with E-state index in [1.165, 1.54) is 6.92 Å². The second-order valence-corrected chi connectivity index (χ2v) is 2.93. The molecule has 0 aromatic carbocycles. The Bertz CT molecular complexity index is 447. The number of halogens is 3. The summed E-state index contributed by atoms with van der Waals surface area (Å²) in [5.74, 6) is -1.65. The molecular formula is C8H7F3N2O4. The third kappa shape index (κ3) is 2.95. The number of hydrogen-bond donors (Lipinski definition) is 0. The van der Waals surface area contributed by atoms with Crippen LogP contribution in [0.25, 0.3) is 0 Å². The average molecular weight is 252 g/mol. The van der Waals surface area contributed by atoms with Crippen LogP contribution >= 0.6 is 0 Å². The van der Waals surface area contributed by atoms with E-state index in [1.807, 2.05) is 0 Å². The van der Waals surface area contributed by atoms with E-state index >= 15 is 0 Å². The fourth-order valence-electron chi connectivity index (χ4n) is 1.14. The fourth-order valence-corrected chi connectivity index (χ4v) is 1.14. The minimum absolute atomic E-state index is 0.0601. The van der Waals surface area contributed by atoms with Crippen LogP contribution in [0.3, 0.4) is 0 Å². The van der Waals surface area contributed by atoms with Crippen molar-refractivity contribution in [3.05, 3.63) is 21.9 Å². The number of ether oxygens (including phenoxy) is 2. The summed E-state index contributed by atoms with van der Waals surface area (Å²) in [6.07, 6.45) is -4.03. The molecule has 94 valence electrons. The lowest BCUT2D eigenvalue weighted by atomic mass is 10.2. The Morgan fingerprint density at radius 3 is 2.47 bits per heavy atom. The zero-order chi connectivity index (χ0) is 13.2. The normalized spacial score (nSPS) is 11.1. The van der Waals surface area contributed by atoms with E-state index in [9.17, 15) is 23.3 Å². The zero-order valence-electron chi connectivity index (χ0n) is 8.74. The summed E-state index contributed by atoms with van der Waals surface area (Å²) in [6, 6.07) is 0. The average Bonchev–Trinajstić information content (AvgIpc) is 2.15. The number of pyridine rings is 1. The van der Waals surface area contributed by atoms with Gasteiger partial charge >= 0.3 is 12.0 Å². The quantitative estimate of drug-likeness (QED) is 0.609. The first-order valence-electron chi connectivity index (χ1n) is 4.20. The molecule has 17 heavy (non-hydrogen) atoms. The first kappa shape index (κ1) is 13.0. The van der Waals surface area contributed by atoms with Crippen molar-refractivity contribution in [2.75, 3.05) is 7.11 Å². The van der Waals surface area contributed by atoms with Gasteiger partial charge in [0.15, 0.2) is 0 Å². The highest BCUT2D eigenvalue weighted by molar-refractivity contribution is 5.56. The summed E-state index contributed by atoms with van der Waals surface area (Å²) in [5, 5.41) is 10.7. The second kappa shape index (κ2) is 4.44. The van der Waals surface area contributed by atoms with Crippen molar-refractivity contribution in [1.29, 1.82) is 0 Å². The van der Waals surface area contributed by atoms with Crippen LogP contribution in [-0.4, -0.2) is 23.4 Å². The highest BCUT2D eigenvalue weighted by Crippen LogP contribution is 2.40. The van der Waals surface area contributed by atoms with E-state index in [2.05, 4.69) is 14.5 Å². The van der Waals surface area contributed by atoms with Crippen LogP contribution in [0.2, 0.25) is 0 Å². The Hall–Kier alpha value is -2.06. The minimum atomic E-state index is -5.06. The first-order valence-corrected chi connectivity index (χ1v) is 4.20. The van der Waals surface area contributed by atoms with Gasteiger partial charge in [-0.25, -0.2) is 4.98 Å². The highest BCUT2D eigenvalue weighted by atomic mass is 19.4. The Kier molecular flexibility index (Phi) is 3.39. The standard InChI is InChI=1S/C8H7F3N2O4/c1-4-3-12-7(16-2)6(5(4)13(14)15)17-8(9,10)11/h3H,1-2H3. The van der Waals surface area contributed by atoms with Crippen molar-refractivity contribution in [3.63, 3.8) is 0 Å². The highest BCUT2D eigenvalue weighted by Gasteiger charge is 2.38. The molecule has 1 aromatic rings. The van der Waals surface area contributed by atoms with Crippen LogP contribution in [-0.2, 0) is 0 Å². The predicted molar refractivity (Wildman–Crippen MR) is 48.9 cm³/mol. The van der Waals surface area contributed by atoms with E-state index in [0.717, 1.165) is 13.3 Å². The number of rotatable bonds is 3. The maximum absolute atomic E-state index is 12.1. The van der Waals surface area contributed by atoms with E-state index in [1.54, 1.807) is 0 Å². The van der Waals surface area contributed by atoms with Crippen LogP contribution in [0, 0.1) is 17.0 Å². The topological polar surface area (TPSA) is 74.5 Å². The SMILES string of the molecule is COc1ncc(C)c([N+](=O)[O-])c1OC(F)(F)F. The number of methoxy groups -OCH3 is 1. The molecule has 0 aliphatic rings. The summed E-state index contributed by atoms with van der Waals surface area (Å²) < 4.78 is 44.4. The molecule has 0 N–H and O–H groups in total.